The first-order valence-corrected chi connectivity index (χ1v) is 9.64. The summed E-state index contributed by atoms with van der Waals surface area (Å²) in [5.41, 5.74) is -0.290. The molecule has 0 unspecified atom stereocenters. The number of nitrogens with one attached hydrogen (secondary N) is 1. The molecule has 1 aromatic heterocycles. The lowest BCUT2D eigenvalue weighted by Crippen LogP contribution is -2.59. The van der Waals surface area contributed by atoms with Gasteiger partial charge in [-0.25, -0.2) is 9.78 Å². The molecule has 3 rings (SSSR count). The molecule has 0 radical (unpaired) electrons. The van der Waals surface area contributed by atoms with E-state index in [0.29, 0.717) is 42.9 Å². The molecular formula is C19H31Cl2N3O4. The van der Waals surface area contributed by atoms with Gasteiger partial charge in [-0.05, 0) is 63.3 Å². The van der Waals surface area contributed by atoms with Gasteiger partial charge < -0.3 is 19.7 Å². The van der Waals surface area contributed by atoms with Gasteiger partial charge in [0.2, 0.25) is 0 Å². The van der Waals surface area contributed by atoms with Gasteiger partial charge in [0.15, 0.2) is 0 Å². The first-order valence-electron chi connectivity index (χ1n) is 9.64. The van der Waals surface area contributed by atoms with Crippen LogP contribution in [0.1, 0.15) is 56.4 Å². The van der Waals surface area contributed by atoms with Crippen molar-refractivity contribution in [2.45, 2.75) is 58.0 Å². The SMILES string of the molecule is CCOC(=O)c1cncn1C[C@H]1CC[C@H]2CN[C@](CC)(C(=O)O)C[C@H]2C1.Cl.Cl. The van der Waals surface area contributed by atoms with Crippen LogP contribution in [0.25, 0.3) is 0 Å². The van der Waals surface area contributed by atoms with Crippen LogP contribution in [-0.2, 0) is 16.1 Å². The molecule has 0 spiro atoms. The molecule has 2 N–H and O–H groups in total. The fourth-order valence-electron chi connectivity index (χ4n) is 4.66. The Morgan fingerprint density at radius 3 is 2.71 bits per heavy atom. The molecular weight excluding hydrogens is 405 g/mol. The van der Waals surface area contributed by atoms with E-state index in [0.717, 1.165) is 32.4 Å². The van der Waals surface area contributed by atoms with Crippen molar-refractivity contribution < 1.29 is 19.4 Å². The number of hydrogen-bond donors (Lipinski definition) is 2. The molecule has 2 heterocycles. The molecule has 9 heteroatoms. The summed E-state index contributed by atoms with van der Waals surface area (Å²) < 4.78 is 6.98. The maximum absolute atomic E-state index is 12.0. The third kappa shape index (κ3) is 4.99. The zero-order valence-electron chi connectivity index (χ0n) is 16.4. The van der Waals surface area contributed by atoms with Crippen molar-refractivity contribution in [3.05, 3.63) is 18.2 Å². The van der Waals surface area contributed by atoms with Gasteiger partial charge >= 0.3 is 11.9 Å². The summed E-state index contributed by atoms with van der Waals surface area (Å²) >= 11 is 0. The number of hydrogen-bond acceptors (Lipinski definition) is 5. The van der Waals surface area contributed by atoms with Crippen LogP contribution in [0.2, 0.25) is 0 Å². The second kappa shape index (κ2) is 10.5. The molecule has 160 valence electrons. The molecule has 4 atom stereocenters. The second-order valence-electron chi connectivity index (χ2n) is 7.68. The van der Waals surface area contributed by atoms with Crippen LogP contribution in [0, 0.1) is 17.8 Å². The highest BCUT2D eigenvalue weighted by atomic mass is 35.5. The average Bonchev–Trinajstić information content (AvgIpc) is 3.09. The van der Waals surface area contributed by atoms with Gasteiger partial charge in [0.25, 0.3) is 0 Å². The average molecular weight is 436 g/mol. The highest BCUT2D eigenvalue weighted by Gasteiger charge is 2.46. The fourth-order valence-corrected chi connectivity index (χ4v) is 4.66. The number of rotatable bonds is 6. The van der Waals surface area contributed by atoms with E-state index >= 15 is 0 Å². The Morgan fingerprint density at radius 2 is 2.07 bits per heavy atom. The summed E-state index contributed by atoms with van der Waals surface area (Å²) in [6, 6.07) is 0. The van der Waals surface area contributed by atoms with Gasteiger partial charge in [0.1, 0.15) is 11.2 Å². The summed E-state index contributed by atoms with van der Waals surface area (Å²) in [5.74, 6) is 0.328. The minimum Gasteiger partial charge on any atom is -0.480 e. The molecule has 1 saturated carbocycles. The number of carbonyl (C=O) groups excluding carboxylic acids is 1. The maximum Gasteiger partial charge on any atom is 0.356 e. The summed E-state index contributed by atoms with van der Waals surface area (Å²) in [4.78, 5) is 27.9. The van der Waals surface area contributed by atoms with Crippen LogP contribution in [0.3, 0.4) is 0 Å². The molecule has 0 aromatic carbocycles. The number of aromatic nitrogens is 2. The van der Waals surface area contributed by atoms with E-state index in [2.05, 4.69) is 10.3 Å². The third-order valence-electron chi connectivity index (χ3n) is 6.23. The van der Waals surface area contributed by atoms with Crippen LogP contribution < -0.4 is 5.32 Å². The van der Waals surface area contributed by atoms with E-state index in [9.17, 15) is 14.7 Å². The highest BCUT2D eigenvalue weighted by Crippen LogP contribution is 2.42. The third-order valence-corrected chi connectivity index (χ3v) is 6.23. The lowest BCUT2D eigenvalue weighted by molar-refractivity contribution is -0.148. The van der Waals surface area contributed by atoms with Gasteiger partial charge in [-0.1, -0.05) is 6.92 Å². The van der Waals surface area contributed by atoms with Gasteiger partial charge in [0.05, 0.1) is 19.1 Å². The second-order valence-corrected chi connectivity index (χ2v) is 7.68. The van der Waals surface area contributed by atoms with Crippen molar-refractivity contribution >= 4 is 36.8 Å². The van der Waals surface area contributed by atoms with Gasteiger partial charge in [-0.2, -0.15) is 0 Å². The van der Waals surface area contributed by atoms with E-state index in [1.54, 1.807) is 19.4 Å². The summed E-state index contributed by atoms with van der Waals surface area (Å²) in [7, 11) is 0. The fraction of sp³-hybridized carbons (Fsp3) is 0.737. The van der Waals surface area contributed by atoms with Crippen molar-refractivity contribution in [3.63, 3.8) is 0 Å². The molecule has 1 saturated heterocycles. The Bertz CT molecular complexity index is 669. The van der Waals surface area contributed by atoms with Crippen LogP contribution in [0.5, 0.6) is 0 Å². The number of carboxylic acid groups (broad SMARTS) is 1. The summed E-state index contributed by atoms with van der Waals surface area (Å²) in [5, 5.41) is 13.0. The molecule has 1 aliphatic heterocycles. The predicted octanol–water partition coefficient (Wildman–Crippen LogP) is 3.16. The number of fused-ring (bicyclic) bond motifs is 1. The summed E-state index contributed by atoms with van der Waals surface area (Å²) in [6.07, 6.45) is 7.73. The zero-order chi connectivity index (χ0) is 18.7. The first-order chi connectivity index (χ1) is 12.5. The Balaban J connectivity index is 0.00000196. The first kappa shape index (κ1) is 24.7. The van der Waals surface area contributed by atoms with Crippen LogP contribution in [0.4, 0.5) is 0 Å². The molecule has 0 bridgehead atoms. The minimum atomic E-state index is -0.784. The Morgan fingerprint density at radius 1 is 1.32 bits per heavy atom. The minimum absolute atomic E-state index is 0. The molecule has 0 amide bonds. The molecule has 2 fully saturated rings. The van der Waals surface area contributed by atoms with E-state index in [1.165, 1.54) is 0 Å². The number of piperidine rings is 1. The van der Waals surface area contributed by atoms with Gasteiger partial charge in [-0.15, -0.1) is 24.8 Å². The monoisotopic (exact) mass is 435 g/mol. The smallest absolute Gasteiger partial charge is 0.356 e. The number of halogens is 2. The Labute approximate surface area is 178 Å². The number of carboxylic acids is 1. The molecule has 2 aliphatic rings. The van der Waals surface area contributed by atoms with Crippen LogP contribution in [0.15, 0.2) is 12.5 Å². The van der Waals surface area contributed by atoms with E-state index in [4.69, 9.17) is 4.74 Å². The maximum atomic E-state index is 12.0. The van der Waals surface area contributed by atoms with Crippen molar-refractivity contribution in [2.24, 2.45) is 17.8 Å². The van der Waals surface area contributed by atoms with Crippen LogP contribution >= 0.6 is 24.8 Å². The van der Waals surface area contributed by atoms with Crippen molar-refractivity contribution in [1.82, 2.24) is 14.9 Å². The lowest BCUT2D eigenvalue weighted by Gasteiger charge is -2.46. The number of esters is 1. The van der Waals surface area contributed by atoms with E-state index < -0.39 is 11.5 Å². The normalized spacial score (nSPS) is 29.0. The largest absolute Gasteiger partial charge is 0.480 e. The highest BCUT2D eigenvalue weighted by molar-refractivity contribution is 5.87. The number of aliphatic carboxylic acids is 1. The number of imidazole rings is 1. The van der Waals surface area contributed by atoms with E-state index in [1.807, 2.05) is 11.5 Å². The van der Waals surface area contributed by atoms with Crippen molar-refractivity contribution in [3.8, 4) is 0 Å². The zero-order valence-corrected chi connectivity index (χ0v) is 18.1. The van der Waals surface area contributed by atoms with Crippen molar-refractivity contribution in [2.75, 3.05) is 13.2 Å². The van der Waals surface area contributed by atoms with E-state index in [-0.39, 0.29) is 30.8 Å². The van der Waals surface area contributed by atoms with Gasteiger partial charge in [0, 0.05) is 6.54 Å². The number of nitrogens with zero attached hydrogens (tertiary/aromatic N) is 2. The lowest BCUT2D eigenvalue weighted by atomic mass is 9.66. The molecule has 7 nitrogen and oxygen atoms in total. The van der Waals surface area contributed by atoms with Crippen LogP contribution in [-0.4, -0.2) is 45.3 Å². The molecule has 1 aromatic rings. The van der Waals surface area contributed by atoms with Gasteiger partial charge in [-0.3, -0.25) is 4.79 Å². The quantitative estimate of drug-likeness (QED) is 0.666. The predicted molar refractivity (Wildman–Crippen MR) is 110 cm³/mol. The Kier molecular flexibility index (Phi) is 9.24. The standard InChI is InChI=1S/C19H29N3O4.2ClH/c1-3-19(18(24)25)8-15-7-13(5-6-14(15)9-21-19)11-22-12-20-10-16(22)17(23)26-4-2;;/h10,12-15,21H,3-9,11H2,1-2H3,(H,24,25);2*1H/t13-,14-,15+,19-;;/m0../s1. The molecule has 28 heavy (non-hydrogen) atoms. The Hall–Kier alpha value is -1.31. The summed E-state index contributed by atoms with van der Waals surface area (Å²) in [6.45, 7) is 5.60. The number of ether oxygens (including phenoxy) is 1. The topological polar surface area (TPSA) is 93.5 Å². The molecule has 1 aliphatic carbocycles. The number of carbonyl (C=O) groups is 2. The van der Waals surface area contributed by atoms with Crippen molar-refractivity contribution in [1.29, 1.82) is 0 Å².